The number of nitrogens with zero attached hydrogens (tertiary/aromatic N) is 2. The molecular formula is C26H25N3O3. The number of nitrogens with one attached hydrogen (secondary N) is 1. The second-order valence-electron chi connectivity index (χ2n) is 7.58. The summed E-state index contributed by atoms with van der Waals surface area (Å²) in [5, 5.41) is 12.5. The SMILES string of the molecule is COc1ccc(Cc2nc(NC(=O)c3ccccc3)n(C)c2Cc2ccc(O)cc2)cc1. The van der Waals surface area contributed by atoms with Crippen molar-refractivity contribution < 1.29 is 14.6 Å². The molecule has 1 amide bonds. The van der Waals surface area contributed by atoms with Crippen molar-refractivity contribution in [1.82, 2.24) is 9.55 Å². The minimum Gasteiger partial charge on any atom is -0.508 e. The van der Waals surface area contributed by atoms with Crippen LogP contribution in [0.15, 0.2) is 78.9 Å². The highest BCUT2D eigenvalue weighted by molar-refractivity contribution is 6.03. The lowest BCUT2D eigenvalue weighted by Crippen LogP contribution is -2.15. The molecule has 1 aromatic heterocycles. The van der Waals surface area contributed by atoms with Gasteiger partial charge in [0.1, 0.15) is 11.5 Å². The van der Waals surface area contributed by atoms with Crippen LogP contribution in [0.25, 0.3) is 0 Å². The minimum atomic E-state index is -0.203. The minimum absolute atomic E-state index is 0.203. The maximum atomic E-state index is 12.7. The van der Waals surface area contributed by atoms with Gasteiger partial charge in [-0.1, -0.05) is 42.5 Å². The van der Waals surface area contributed by atoms with E-state index in [2.05, 4.69) is 5.32 Å². The molecule has 6 nitrogen and oxygen atoms in total. The van der Waals surface area contributed by atoms with Crippen molar-refractivity contribution in [2.45, 2.75) is 12.8 Å². The van der Waals surface area contributed by atoms with E-state index in [-0.39, 0.29) is 11.7 Å². The first-order valence-corrected chi connectivity index (χ1v) is 10.3. The lowest BCUT2D eigenvalue weighted by molar-refractivity contribution is 0.102. The number of carbonyl (C=O) groups excluding carboxylic acids is 1. The fraction of sp³-hybridized carbons (Fsp3) is 0.154. The summed E-state index contributed by atoms with van der Waals surface area (Å²) in [5.41, 5.74) is 4.59. The summed E-state index contributed by atoms with van der Waals surface area (Å²) in [4.78, 5) is 17.5. The van der Waals surface area contributed by atoms with Crippen LogP contribution >= 0.6 is 0 Å². The molecule has 0 fully saturated rings. The summed E-state index contributed by atoms with van der Waals surface area (Å²) >= 11 is 0. The highest BCUT2D eigenvalue weighted by Crippen LogP contribution is 2.23. The number of hydrogen-bond donors (Lipinski definition) is 2. The van der Waals surface area contributed by atoms with Crippen LogP contribution in [0.3, 0.4) is 0 Å². The average Bonchev–Trinajstić information content (AvgIpc) is 3.10. The largest absolute Gasteiger partial charge is 0.508 e. The smallest absolute Gasteiger partial charge is 0.257 e. The van der Waals surface area contributed by atoms with Crippen LogP contribution < -0.4 is 10.1 Å². The normalized spacial score (nSPS) is 10.7. The van der Waals surface area contributed by atoms with Crippen molar-refractivity contribution in [3.05, 3.63) is 107 Å². The Labute approximate surface area is 187 Å². The van der Waals surface area contributed by atoms with Gasteiger partial charge in [-0.3, -0.25) is 10.1 Å². The molecule has 0 bridgehead atoms. The van der Waals surface area contributed by atoms with Crippen LogP contribution in [0, 0.1) is 0 Å². The summed E-state index contributed by atoms with van der Waals surface area (Å²) in [5.74, 6) is 1.32. The predicted octanol–water partition coefficient (Wildman–Crippen LogP) is 4.57. The fourth-order valence-electron chi connectivity index (χ4n) is 3.57. The number of amides is 1. The Hall–Kier alpha value is -4.06. The Bertz CT molecular complexity index is 1200. The van der Waals surface area contributed by atoms with E-state index in [1.54, 1.807) is 31.4 Å². The van der Waals surface area contributed by atoms with Crippen LogP contribution in [0.4, 0.5) is 5.95 Å². The van der Waals surface area contributed by atoms with Gasteiger partial charge >= 0.3 is 0 Å². The number of methoxy groups -OCH3 is 1. The van der Waals surface area contributed by atoms with Crippen molar-refractivity contribution >= 4 is 11.9 Å². The molecule has 0 aliphatic heterocycles. The molecule has 2 N–H and O–H groups in total. The standard InChI is InChI=1S/C26H25N3O3/c1-29-24(17-19-8-12-21(30)13-9-19)23(16-18-10-14-22(32-2)15-11-18)27-26(29)28-25(31)20-6-4-3-5-7-20/h3-15,30H,16-17H2,1-2H3,(H,27,28,31). The molecule has 0 spiro atoms. The topological polar surface area (TPSA) is 76.4 Å². The average molecular weight is 428 g/mol. The number of anilines is 1. The molecule has 0 saturated heterocycles. The molecule has 4 rings (SSSR count). The maximum absolute atomic E-state index is 12.7. The second-order valence-corrected chi connectivity index (χ2v) is 7.58. The summed E-state index contributed by atoms with van der Waals surface area (Å²) in [6.45, 7) is 0. The Morgan fingerprint density at radius 3 is 2.22 bits per heavy atom. The van der Waals surface area contributed by atoms with E-state index in [1.165, 1.54) is 0 Å². The van der Waals surface area contributed by atoms with Gasteiger partial charge in [-0.25, -0.2) is 4.98 Å². The molecule has 0 radical (unpaired) electrons. The Morgan fingerprint density at radius 1 is 0.938 bits per heavy atom. The van der Waals surface area contributed by atoms with Gasteiger partial charge in [0.2, 0.25) is 5.95 Å². The van der Waals surface area contributed by atoms with E-state index in [1.807, 2.05) is 66.2 Å². The summed E-state index contributed by atoms with van der Waals surface area (Å²) < 4.78 is 7.18. The van der Waals surface area contributed by atoms with Gasteiger partial charge in [-0.05, 0) is 47.5 Å². The summed E-state index contributed by atoms with van der Waals surface area (Å²) in [6.07, 6.45) is 1.24. The van der Waals surface area contributed by atoms with E-state index in [0.29, 0.717) is 24.4 Å². The van der Waals surface area contributed by atoms with Crippen molar-refractivity contribution in [3.63, 3.8) is 0 Å². The zero-order valence-corrected chi connectivity index (χ0v) is 18.1. The van der Waals surface area contributed by atoms with Crippen molar-refractivity contribution in [1.29, 1.82) is 0 Å². The zero-order chi connectivity index (χ0) is 22.5. The molecule has 1 heterocycles. The molecule has 32 heavy (non-hydrogen) atoms. The van der Waals surface area contributed by atoms with Crippen molar-refractivity contribution in [3.8, 4) is 11.5 Å². The van der Waals surface area contributed by atoms with E-state index >= 15 is 0 Å². The van der Waals surface area contributed by atoms with Gasteiger partial charge in [0.15, 0.2) is 0 Å². The van der Waals surface area contributed by atoms with Crippen LogP contribution in [-0.2, 0) is 19.9 Å². The Balaban J connectivity index is 1.66. The lowest BCUT2D eigenvalue weighted by atomic mass is 10.0. The van der Waals surface area contributed by atoms with Crippen molar-refractivity contribution in [2.24, 2.45) is 7.05 Å². The van der Waals surface area contributed by atoms with E-state index < -0.39 is 0 Å². The summed E-state index contributed by atoms with van der Waals surface area (Å²) in [7, 11) is 3.55. The third-order valence-corrected chi connectivity index (χ3v) is 5.40. The number of carbonyl (C=O) groups is 1. The molecule has 0 atom stereocenters. The number of aromatic nitrogens is 2. The Morgan fingerprint density at radius 2 is 1.56 bits per heavy atom. The van der Waals surface area contributed by atoms with Gasteiger partial charge < -0.3 is 14.4 Å². The molecular weight excluding hydrogens is 402 g/mol. The number of phenolic OH excluding ortho intramolecular Hbond substituents is 1. The highest BCUT2D eigenvalue weighted by Gasteiger charge is 2.18. The third-order valence-electron chi connectivity index (χ3n) is 5.40. The maximum Gasteiger partial charge on any atom is 0.257 e. The molecule has 0 unspecified atom stereocenters. The number of phenols is 1. The van der Waals surface area contributed by atoms with E-state index in [9.17, 15) is 9.90 Å². The molecule has 0 aliphatic carbocycles. The second kappa shape index (κ2) is 9.39. The number of hydrogen-bond acceptors (Lipinski definition) is 4. The molecule has 0 saturated carbocycles. The summed E-state index contributed by atoms with van der Waals surface area (Å²) in [6, 6.07) is 24.1. The molecule has 0 aliphatic rings. The van der Waals surface area contributed by atoms with Crippen molar-refractivity contribution in [2.75, 3.05) is 12.4 Å². The number of benzene rings is 3. The fourth-order valence-corrected chi connectivity index (χ4v) is 3.57. The lowest BCUT2D eigenvalue weighted by Gasteiger charge is -2.09. The van der Waals surface area contributed by atoms with Gasteiger partial charge in [0.05, 0.1) is 12.8 Å². The van der Waals surface area contributed by atoms with E-state index in [0.717, 1.165) is 28.3 Å². The van der Waals surface area contributed by atoms with Crippen LogP contribution in [0.2, 0.25) is 0 Å². The van der Waals surface area contributed by atoms with Crippen LogP contribution in [0.5, 0.6) is 11.5 Å². The highest BCUT2D eigenvalue weighted by atomic mass is 16.5. The first-order valence-electron chi connectivity index (χ1n) is 10.3. The van der Waals surface area contributed by atoms with Gasteiger partial charge in [0, 0.05) is 31.1 Å². The molecule has 3 aromatic carbocycles. The number of rotatable bonds is 7. The number of imidazole rings is 1. The first-order chi connectivity index (χ1) is 15.5. The number of aromatic hydroxyl groups is 1. The van der Waals surface area contributed by atoms with Crippen LogP contribution in [0.1, 0.15) is 32.9 Å². The third kappa shape index (κ3) is 4.81. The van der Waals surface area contributed by atoms with Crippen LogP contribution in [-0.4, -0.2) is 27.7 Å². The predicted molar refractivity (Wildman–Crippen MR) is 124 cm³/mol. The Kier molecular flexibility index (Phi) is 6.22. The molecule has 4 aromatic rings. The van der Waals surface area contributed by atoms with Gasteiger partial charge in [0.25, 0.3) is 5.91 Å². The van der Waals surface area contributed by atoms with Gasteiger partial charge in [-0.15, -0.1) is 0 Å². The first kappa shape index (κ1) is 21.2. The van der Waals surface area contributed by atoms with E-state index in [4.69, 9.17) is 9.72 Å². The zero-order valence-electron chi connectivity index (χ0n) is 18.1. The quantitative estimate of drug-likeness (QED) is 0.453. The molecule has 162 valence electrons. The van der Waals surface area contributed by atoms with Gasteiger partial charge in [-0.2, -0.15) is 0 Å². The number of ether oxygens (including phenoxy) is 1. The molecule has 6 heteroatoms. The monoisotopic (exact) mass is 427 g/mol.